The first-order valence-corrected chi connectivity index (χ1v) is 7.17. The maximum absolute atomic E-state index is 12.8. The Morgan fingerprint density at radius 1 is 1.27 bits per heavy atom. The van der Waals surface area contributed by atoms with Crippen LogP contribution in [0.2, 0.25) is 0 Å². The summed E-state index contributed by atoms with van der Waals surface area (Å²) >= 11 is 5.04. The van der Waals surface area contributed by atoms with Crippen LogP contribution in [0.25, 0.3) is 0 Å². The minimum Gasteiger partial charge on any atom is -0.491 e. The van der Waals surface area contributed by atoms with Crippen molar-refractivity contribution in [3.63, 3.8) is 0 Å². The molecule has 0 aliphatic carbocycles. The maximum atomic E-state index is 12.8. The van der Waals surface area contributed by atoms with Crippen LogP contribution in [0.1, 0.15) is 18.9 Å². The van der Waals surface area contributed by atoms with E-state index in [0.717, 1.165) is 18.6 Å². The number of methoxy groups -OCH3 is 1. The summed E-state index contributed by atoms with van der Waals surface area (Å²) in [4.78, 5) is 0. The first-order valence-electron chi connectivity index (χ1n) is 6.76. The Balaban J connectivity index is 2.88. The monoisotopic (exact) mass is 336 g/mol. The van der Waals surface area contributed by atoms with E-state index in [2.05, 4.69) is 10.6 Å². The largest absolute Gasteiger partial charge is 0.491 e. The van der Waals surface area contributed by atoms with E-state index in [-0.39, 0.29) is 10.8 Å². The second-order valence-corrected chi connectivity index (χ2v) is 4.84. The Morgan fingerprint density at radius 3 is 2.59 bits per heavy atom. The minimum atomic E-state index is -4.43. The fourth-order valence-corrected chi connectivity index (χ4v) is 1.79. The molecule has 0 unspecified atom stereocenters. The van der Waals surface area contributed by atoms with E-state index in [1.807, 2.05) is 6.92 Å². The van der Waals surface area contributed by atoms with Gasteiger partial charge in [-0.15, -0.1) is 0 Å². The van der Waals surface area contributed by atoms with Crippen molar-refractivity contribution in [3.8, 4) is 5.75 Å². The molecule has 0 aliphatic rings. The van der Waals surface area contributed by atoms with Crippen molar-refractivity contribution >= 4 is 23.0 Å². The molecule has 1 aromatic carbocycles. The van der Waals surface area contributed by atoms with Gasteiger partial charge in [-0.3, -0.25) is 0 Å². The lowest BCUT2D eigenvalue weighted by Gasteiger charge is -2.16. The molecular formula is C14H19F3N2O2S. The van der Waals surface area contributed by atoms with Crippen molar-refractivity contribution in [1.82, 2.24) is 5.32 Å². The van der Waals surface area contributed by atoms with Gasteiger partial charge in [0, 0.05) is 13.7 Å². The third-order valence-electron chi connectivity index (χ3n) is 2.61. The molecular weight excluding hydrogens is 317 g/mol. The first-order chi connectivity index (χ1) is 10.4. The smallest absolute Gasteiger partial charge is 0.416 e. The zero-order valence-corrected chi connectivity index (χ0v) is 13.2. The molecule has 2 N–H and O–H groups in total. The molecule has 0 fully saturated rings. The number of hydrogen-bond donors (Lipinski definition) is 2. The van der Waals surface area contributed by atoms with Crippen LogP contribution in [0.3, 0.4) is 0 Å². The van der Waals surface area contributed by atoms with Crippen molar-refractivity contribution in [1.29, 1.82) is 0 Å². The number of rotatable bonds is 7. The average molecular weight is 336 g/mol. The summed E-state index contributed by atoms with van der Waals surface area (Å²) in [5.41, 5.74) is -0.586. The molecule has 0 saturated carbocycles. The zero-order chi connectivity index (χ0) is 16.6. The zero-order valence-electron chi connectivity index (χ0n) is 12.4. The Morgan fingerprint density at radius 2 is 2.00 bits per heavy atom. The van der Waals surface area contributed by atoms with Crippen LogP contribution >= 0.6 is 12.2 Å². The van der Waals surface area contributed by atoms with Crippen molar-refractivity contribution in [2.45, 2.75) is 19.5 Å². The summed E-state index contributed by atoms with van der Waals surface area (Å²) in [5.74, 6) is 0.325. The van der Waals surface area contributed by atoms with Crippen molar-refractivity contribution in [2.24, 2.45) is 0 Å². The normalized spacial score (nSPS) is 11.1. The number of hydrogen-bond acceptors (Lipinski definition) is 3. The predicted molar refractivity (Wildman–Crippen MR) is 83.3 cm³/mol. The highest BCUT2D eigenvalue weighted by atomic mass is 32.1. The molecule has 0 amide bonds. The highest BCUT2D eigenvalue weighted by Gasteiger charge is 2.31. The van der Waals surface area contributed by atoms with Gasteiger partial charge in [0.05, 0.1) is 24.5 Å². The lowest BCUT2D eigenvalue weighted by molar-refractivity contribution is -0.137. The van der Waals surface area contributed by atoms with Crippen molar-refractivity contribution in [2.75, 3.05) is 32.2 Å². The first kappa shape index (κ1) is 18.5. The van der Waals surface area contributed by atoms with Gasteiger partial charge in [0.1, 0.15) is 5.75 Å². The van der Waals surface area contributed by atoms with E-state index in [1.165, 1.54) is 6.07 Å². The summed E-state index contributed by atoms with van der Waals surface area (Å²) < 4.78 is 48.7. The quantitative estimate of drug-likeness (QED) is 0.590. The summed E-state index contributed by atoms with van der Waals surface area (Å²) in [7, 11) is 1.54. The molecule has 4 nitrogen and oxygen atoms in total. The predicted octanol–water partition coefficient (Wildman–Crippen LogP) is 3.43. The van der Waals surface area contributed by atoms with Crippen molar-refractivity contribution in [3.05, 3.63) is 23.8 Å². The molecule has 0 atom stereocenters. The third-order valence-corrected chi connectivity index (χ3v) is 2.85. The van der Waals surface area contributed by atoms with E-state index < -0.39 is 11.7 Å². The van der Waals surface area contributed by atoms with E-state index >= 15 is 0 Å². The van der Waals surface area contributed by atoms with E-state index in [4.69, 9.17) is 21.7 Å². The number of benzene rings is 1. The molecule has 124 valence electrons. The van der Waals surface area contributed by atoms with Crippen LogP contribution in [0, 0.1) is 0 Å². The SMILES string of the molecule is CCCOc1ccc(C(F)(F)F)cc1NC(=S)NCCOC. The number of halogens is 3. The fourth-order valence-electron chi connectivity index (χ4n) is 1.58. The third kappa shape index (κ3) is 6.07. The fraction of sp³-hybridized carbons (Fsp3) is 0.500. The van der Waals surface area contributed by atoms with Crippen LogP contribution in [-0.2, 0) is 10.9 Å². The Labute approximate surface area is 133 Å². The average Bonchev–Trinajstić information content (AvgIpc) is 2.45. The van der Waals surface area contributed by atoms with E-state index in [1.54, 1.807) is 7.11 Å². The Bertz CT molecular complexity index is 495. The van der Waals surface area contributed by atoms with Gasteiger partial charge in [-0.1, -0.05) is 6.92 Å². The minimum absolute atomic E-state index is 0.179. The molecule has 1 aromatic rings. The number of nitrogens with one attached hydrogen (secondary N) is 2. The van der Waals surface area contributed by atoms with Gasteiger partial charge in [0.15, 0.2) is 5.11 Å². The van der Waals surface area contributed by atoms with Gasteiger partial charge in [-0.2, -0.15) is 13.2 Å². The summed E-state index contributed by atoms with van der Waals surface area (Å²) in [5, 5.41) is 5.77. The molecule has 1 rings (SSSR count). The van der Waals surface area contributed by atoms with Crippen LogP contribution in [-0.4, -0.2) is 32.0 Å². The number of thiocarbonyl (C=S) groups is 1. The lowest BCUT2D eigenvalue weighted by Crippen LogP contribution is -2.31. The van der Waals surface area contributed by atoms with Crippen LogP contribution in [0.15, 0.2) is 18.2 Å². The molecule has 22 heavy (non-hydrogen) atoms. The van der Waals surface area contributed by atoms with Crippen LogP contribution in [0.4, 0.5) is 18.9 Å². The second-order valence-electron chi connectivity index (χ2n) is 4.43. The standard InChI is InChI=1S/C14H19F3N2O2S/c1-3-7-21-12-5-4-10(14(15,16)17)9-11(12)19-13(22)18-6-8-20-2/h4-5,9H,3,6-8H2,1-2H3,(H2,18,19,22). The highest BCUT2D eigenvalue weighted by molar-refractivity contribution is 7.80. The molecule has 0 spiro atoms. The van der Waals surface area contributed by atoms with E-state index in [9.17, 15) is 13.2 Å². The number of anilines is 1. The Kier molecular flexibility index (Phi) is 7.40. The van der Waals surface area contributed by atoms with Gasteiger partial charge in [0.2, 0.25) is 0 Å². The molecule has 8 heteroatoms. The molecule has 0 radical (unpaired) electrons. The topological polar surface area (TPSA) is 42.5 Å². The lowest BCUT2D eigenvalue weighted by atomic mass is 10.2. The summed E-state index contributed by atoms with van der Waals surface area (Å²) in [6.07, 6.45) is -3.68. The Hall–Kier alpha value is -1.54. The van der Waals surface area contributed by atoms with Crippen LogP contribution in [0.5, 0.6) is 5.75 Å². The molecule has 0 bridgehead atoms. The van der Waals surface area contributed by atoms with Gasteiger partial charge < -0.3 is 20.1 Å². The van der Waals surface area contributed by atoms with E-state index in [0.29, 0.717) is 25.5 Å². The molecule has 0 aromatic heterocycles. The van der Waals surface area contributed by atoms with Crippen molar-refractivity contribution < 1.29 is 22.6 Å². The second kappa shape index (κ2) is 8.79. The molecule has 0 aliphatic heterocycles. The van der Waals surface area contributed by atoms with Gasteiger partial charge in [0.25, 0.3) is 0 Å². The maximum Gasteiger partial charge on any atom is 0.416 e. The summed E-state index contributed by atoms with van der Waals surface area (Å²) in [6, 6.07) is 3.26. The van der Waals surface area contributed by atoms with Gasteiger partial charge in [-0.25, -0.2) is 0 Å². The number of ether oxygens (including phenoxy) is 2. The number of alkyl halides is 3. The van der Waals surface area contributed by atoms with Crippen LogP contribution < -0.4 is 15.4 Å². The van der Waals surface area contributed by atoms with Gasteiger partial charge in [-0.05, 0) is 36.8 Å². The molecule has 0 heterocycles. The van der Waals surface area contributed by atoms with Gasteiger partial charge >= 0.3 is 6.18 Å². The molecule has 0 saturated heterocycles. The summed E-state index contributed by atoms with van der Waals surface area (Å²) in [6.45, 7) is 3.20. The highest BCUT2D eigenvalue weighted by Crippen LogP contribution is 2.35.